The van der Waals surface area contributed by atoms with Crippen molar-refractivity contribution in [2.45, 2.75) is 168 Å². The van der Waals surface area contributed by atoms with Gasteiger partial charge in [0.15, 0.2) is 0 Å². The maximum absolute atomic E-state index is 6.67. The van der Waals surface area contributed by atoms with Crippen LogP contribution in [-0.4, -0.2) is 21.3 Å². The van der Waals surface area contributed by atoms with Crippen molar-refractivity contribution in [2.75, 3.05) is 6.61 Å². The lowest BCUT2D eigenvalue weighted by Crippen LogP contribution is -2.45. The van der Waals surface area contributed by atoms with Crippen molar-refractivity contribution >= 4 is 8.56 Å². The molecule has 0 heterocycles. The van der Waals surface area contributed by atoms with Gasteiger partial charge in [-0.15, -0.1) is 0 Å². The van der Waals surface area contributed by atoms with E-state index in [-0.39, 0.29) is 0 Å². The minimum absolute atomic E-state index is 0.476. The van der Waals surface area contributed by atoms with Crippen LogP contribution in [0.1, 0.15) is 150 Å². The monoisotopic (exact) mass is 454 g/mol. The summed E-state index contributed by atoms with van der Waals surface area (Å²) in [6.07, 6.45) is 26.9. The molecule has 1 saturated carbocycles. The summed E-state index contributed by atoms with van der Waals surface area (Å²) < 4.78 is 13.2. The molecular formula is C28H58O2Si. The Balaban J connectivity index is 1.94. The number of hydrogen-bond acceptors (Lipinski definition) is 2. The van der Waals surface area contributed by atoms with Crippen molar-refractivity contribution in [1.29, 1.82) is 0 Å². The van der Waals surface area contributed by atoms with Gasteiger partial charge in [-0.3, -0.25) is 0 Å². The second kappa shape index (κ2) is 19.6. The molecule has 2 nitrogen and oxygen atoms in total. The van der Waals surface area contributed by atoms with Crippen LogP contribution in [0.5, 0.6) is 0 Å². The van der Waals surface area contributed by atoms with Crippen molar-refractivity contribution in [1.82, 2.24) is 0 Å². The minimum Gasteiger partial charge on any atom is -0.394 e. The summed E-state index contributed by atoms with van der Waals surface area (Å²) in [5, 5.41) is 0. The first-order valence-corrected chi connectivity index (χ1v) is 16.7. The van der Waals surface area contributed by atoms with Crippen LogP contribution in [0.2, 0.25) is 12.1 Å². The summed E-state index contributed by atoms with van der Waals surface area (Å²) in [6.45, 7) is 10.2. The first kappa shape index (κ1) is 29.2. The molecule has 1 rings (SSSR count). The molecule has 0 aromatic rings. The maximum atomic E-state index is 6.67. The highest BCUT2D eigenvalue weighted by Gasteiger charge is 2.37. The van der Waals surface area contributed by atoms with E-state index in [0.29, 0.717) is 6.10 Å². The lowest BCUT2D eigenvalue weighted by Gasteiger charge is -2.36. The van der Waals surface area contributed by atoms with Gasteiger partial charge in [-0.05, 0) is 50.1 Å². The highest BCUT2D eigenvalue weighted by Crippen LogP contribution is 2.30. The third kappa shape index (κ3) is 14.8. The lowest BCUT2D eigenvalue weighted by atomic mass is 9.89. The predicted molar refractivity (Wildman–Crippen MR) is 140 cm³/mol. The molecule has 0 aliphatic heterocycles. The molecule has 0 bridgehead atoms. The molecule has 1 aliphatic carbocycles. The van der Waals surface area contributed by atoms with Crippen LogP contribution in [0.3, 0.4) is 0 Å². The highest BCUT2D eigenvalue weighted by atomic mass is 28.4. The molecule has 3 heteroatoms. The van der Waals surface area contributed by atoms with E-state index in [1.54, 1.807) is 0 Å². The van der Waals surface area contributed by atoms with E-state index < -0.39 is 8.56 Å². The van der Waals surface area contributed by atoms with Crippen molar-refractivity contribution in [2.24, 2.45) is 5.92 Å². The highest BCUT2D eigenvalue weighted by molar-refractivity contribution is 6.67. The normalized spacial score (nSPS) is 19.7. The Bertz CT molecular complexity index is 375. The smallest absolute Gasteiger partial charge is 0.337 e. The Morgan fingerprint density at radius 3 is 1.42 bits per heavy atom. The van der Waals surface area contributed by atoms with E-state index in [2.05, 4.69) is 27.7 Å². The van der Waals surface area contributed by atoms with Gasteiger partial charge in [0.1, 0.15) is 0 Å². The van der Waals surface area contributed by atoms with Crippen LogP contribution < -0.4 is 0 Å². The largest absolute Gasteiger partial charge is 0.394 e. The minimum atomic E-state index is -1.96. The Morgan fingerprint density at radius 1 is 0.581 bits per heavy atom. The van der Waals surface area contributed by atoms with Crippen LogP contribution in [0.4, 0.5) is 0 Å². The van der Waals surface area contributed by atoms with Crippen molar-refractivity contribution in [3.05, 3.63) is 0 Å². The average Bonchev–Trinajstić information content (AvgIpc) is 2.79. The lowest BCUT2D eigenvalue weighted by molar-refractivity contribution is 0.0756. The molecule has 186 valence electrons. The molecule has 0 spiro atoms. The second-order valence-electron chi connectivity index (χ2n) is 10.4. The first-order chi connectivity index (χ1) is 15.2. The van der Waals surface area contributed by atoms with Gasteiger partial charge in [-0.25, -0.2) is 0 Å². The van der Waals surface area contributed by atoms with E-state index in [9.17, 15) is 0 Å². The molecule has 0 amide bonds. The molecule has 0 unspecified atom stereocenters. The zero-order valence-corrected chi connectivity index (χ0v) is 23.0. The molecule has 31 heavy (non-hydrogen) atoms. The van der Waals surface area contributed by atoms with Gasteiger partial charge < -0.3 is 8.85 Å². The number of hydrogen-bond donors (Lipinski definition) is 0. The molecule has 0 radical (unpaired) electrons. The predicted octanol–water partition coefficient (Wildman–Crippen LogP) is 9.95. The molecule has 1 aliphatic rings. The zero-order chi connectivity index (χ0) is 22.6. The van der Waals surface area contributed by atoms with Crippen LogP contribution in [-0.2, 0) is 8.85 Å². The summed E-state index contributed by atoms with van der Waals surface area (Å²) in [5.41, 5.74) is 0. The maximum Gasteiger partial charge on any atom is 0.337 e. The molecule has 0 aromatic heterocycles. The SMILES string of the molecule is CCCCCCCCCCCCCCCCCO[Si](CC)(CC)OC1CCC(C)CC1. The van der Waals surface area contributed by atoms with E-state index >= 15 is 0 Å². The van der Waals surface area contributed by atoms with Gasteiger partial charge >= 0.3 is 8.56 Å². The standard InChI is InChI=1S/C28H58O2Si/c1-5-8-9-10-11-12-13-14-15-16-17-18-19-20-21-26-29-31(6-2,7-3)30-28-24-22-27(4)23-25-28/h27-28H,5-26H2,1-4H3. The van der Waals surface area contributed by atoms with Gasteiger partial charge in [0.05, 0.1) is 0 Å². The zero-order valence-electron chi connectivity index (χ0n) is 22.0. The second-order valence-corrected chi connectivity index (χ2v) is 14.2. The number of unbranched alkanes of at least 4 members (excludes halogenated alkanes) is 14. The van der Waals surface area contributed by atoms with E-state index in [1.165, 1.54) is 122 Å². The van der Waals surface area contributed by atoms with Crippen LogP contribution in [0.25, 0.3) is 0 Å². The summed E-state index contributed by atoms with van der Waals surface area (Å²) in [5.74, 6) is 0.889. The Labute approximate surface area is 197 Å². The molecule has 0 saturated heterocycles. The summed E-state index contributed by atoms with van der Waals surface area (Å²) >= 11 is 0. The molecule has 0 N–H and O–H groups in total. The van der Waals surface area contributed by atoms with E-state index in [0.717, 1.165) is 24.6 Å². The Kier molecular flexibility index (Phi) is 18.4. The average molecular weight is 455 g/mol. The molecule has 0 aromatic carbocycles. The van der Waals surface area contributed by atoms with E-state index in [1.807, 2.05) is 0 Å². The van der Waals surface area contributed by atoms with Gasteiger partial charge in [-0.2, -0.15) is 0 Å². The number of rotatable bonds is 21. The fourth-order valence-electron chi connectivity index (χ4n) is 5.04. The van der Waals surface area contributed by atoms with E-state index in [4.69, 9.17) is 8.85 Å². The van der Waals surface area contributed by atoms with Gasteiger partial charge in [0.2, 0.25) is 0 Å². The quantitative estimate of drug-likeness (QED) is 0.127. The fraction of sp³-hybridized carbons (Fsp3) is 1.00. The Morgan fingerprint density at radius 2 is 1.00 bits per heavy atom. The third-order valence-electron chi connectivity index (χ3n) is 7.53. The molecular weight excluding hydrogens is 396 g/mol. The van der Waals surface area contributed by atoms with Crippen molar-refractivity contribution in [3.8, 4) is 0 Å². The van der Waals surface area contributed by atoms with Crippen LogP contribution in [0.15, 0.2) is 0 Å². The van der Waals surface area contributed by atoms with Crippen molar-refractivity contribution in [3.63, 3.8) is 0 Å². The molecule has 0 atom stereocenters. The summed E-state index contributed by atoms with van der Waals surface area (Å²) in [4.78, 5) is 0. The third-order valence-corrected chi connectivity index (χ3v) is 11.2. The van der Waals surface area contributed by atoms with Gasteiger partial charge in [0, 0.05) is 12.7 Å². The van der Waals surface area contributed by atoms with Gasteiger partial charge in [-0.1, -0.05) is 118 Å². The topological polar surface area (TPSA) is 18.5 Å². The Hall–Kier alpha value is 0.137. The summed E-state index contributed by atoms with van der Waals surface area (Å²) in [6, 6.07) is 2.21. The van der Waals surface area contributed by atoms with Crippen LogP contribution in [0, 0.1) is 5.92 Å². The van der Waals surface area contributed by atoms with Crippen molar-refractivity contribution < 1.29 is 8.85 Å². The molecule has 1 fully saturated rings. The first-order valence-electron chi connectivity index (χ1n) is 14.5. The summed E-state index contributed by atoms with van der Waals surface area (Å²) in [7, 11) is -1.96. The van der Waals surface area contributed by atoms with Gasteiger partial charge in [0.25, 0.3) is 0 Å². The van der Waals surface area contributed by atoms with Crippen LogP contribution >= 0.6 is 0 Å². The fourth-order valence-corrected chi connectivity index (χ4v) is 7.71.